The number of unbranched alkanes of at least 4 members (excludes halogenated alkanes) is 21. The van der Waals surface area contributed by atoms with Crippen LogP contribution in [0.15, 0.2) is 24.3 Å². The van der Waals surface area contributed by atoms with Crippen LogP contribution in [0.25, 0.3) is 0 Å². The van der Waals surface area contributed by atoms with E-state index in [1.807, 2.05) is 0 Å². The number of esters is 2. The minimum absolute atomic E-state index is 0.167. The smallest absolute Gasteiger partial charge is 0.306 e. The summed E-state index contributed by atoms with van der Waals surface area (Å²) in [4.78, 5) is 25.7. The normalized spacial score (nSPS) is 26.5. The lowest BCUT2D eigenvalue weighted by Gasteiger charge is -2.42. The van der Waals surface area contributed by atoms with Crippen LogP contribution in [0, 0.1) is 0 Å². The molecule has 4 unspecified atom stereocenters. The Morgan fingerprint density at radius 3 is 1.46 bits per heavy atom. The number of hydrogen-bond donors (Lipinski definition) is 7. The molecule has 0 aromatic heterocycles. The third-order valence-corrected chi connectivity index (χ3v) is 12.2. The highest BCUT2D eigenvalue weighted by Gasteiger charge is 2.47. The second-order valence-corrected chi connectivity index (χ2v) is 18.0. The molecule has 0 aliphatic carbocycles. The third-order valence-electron chi connectivity index (χ3n) is 12.2. The summed E-state index contributed by atoms with van der Waals surface area (Å²) in [5, 5.41) is 72.0. The van der Waals surface area contributed by atoms with Crippen LogP contribution in [0.3, 0.4) is 0 Å². The number of rotatable bonds is 39. The Morgan fingerprint density at radius 1 is 0.492 bits per heavy atom. The molecule has 11 atom stereocenters. The van der Waals surface area contributed by atoms with Gasteiger partial charge in [-0.15, -0.1) is 0 Å². The van der Waals surface area contributed by atoms with E-state index in [4.69, 9.17) is 28.4 Å². The molecule has 0 radical (unpaired) electrons. The van der Waals surface area contributed by atoms with E-state index in [1.54, 1.807) is 0 Å². The topological polar surface area (TPSA) is 231 Å². The lowest BCUT2D eigenvalue weighted by Crippen LogP contribution is -2.61. The van der Waals surface area contributed by atoms with E-state index < -0.39 is 92.7 Å². The summed E-state index contributed by atoms with van der Waals surface area (Å²) in [6, 6.07) is 0. The second-order valence-electron chi connectivity index (χ2n) is 18.0. The molecule has 380 valence electrons. The summed E-state index contributed by atoms with van der Waals surface area (Å²) >= 11 is 0. The highest BCUT2D eigenvalue weighted by molar-refractivity contribution is 5.70. The third kappa shape index (κ3) is 26.4. The van der Waals surface area contributed by atoms with Crippen molar-refractivity contribution in [3.8, 4) is 0 Å². The zero-order chi connectivity index (χ0) is 47.5. The van der Waals surface area contributed by atoms with Gasteiger partial charge in [0.05, 0.1) is 19.8 Å². The second kappa shape index (κ2) is 37.9. The van der Waals surface area contributed by atoms with Gasteiger partial charge in [-0.05, 0) is 44.9 Å². The van der Waals surface area contributed by atoms with Crippen LogP contribution < -0.4 is 0 Å². The number of ether oxygens (including phenoxy) is 6. The van der Waals surface area contributed by atoms with Crippen molar-refractivity contribution in [1.82, 2.24) is 0 Å². The minimum Gasteiger partial charge on any atom is -0.462 e. The monoisotopic (exact) mass is 931 g/mol. The maximum atomic E-state index is 12.9. The molecule has 0 aromatic carbocycles. The van der Waals surface area contributed by atoms with Crippen molar-refractivity contribution in [2.45, 2.75) is 255 Å². The average molecular weight is 931 g/mol. The van der Waals surface area contributed by atoms with E-state index in [2.05, 4.69) is 38.2 Å². The van der Waals surface area contributed by atoms with Crippen molar-refractivity contribution in [2.75, 3.05) is 26.4 Å². The molecule has 0 spiro atoms. The number of carbonyl (C=O) groups is 2. The van der Waals surface area contributed by atoms with Gasteiger partial charge in [0.1, 0.15) is 55.4 Å². The summed E-state index contributed by atoms with van der Waals surface area (Å²) in [5.74, 6) is -0.926. The first-order valence-corrected chi connectivity index (χ1v) is 25.4. The number of aliphatic hydroxyl groups is 7. The first-order valence-electron chi connectivity index (χ1n) is 25.4. The van der Waals surface area contributed by atoms with Gasteiger partial charge in [-0.2, -0.15) is 0 Å². The lowest BCUT2D eigenvalue weighted by molar-refractivity contribution is -0.332. The molecule has 0 saturated carbocycles. The molecular weight excluding hydrogens is 841 g/mol. The van der Waals surface area contributed by atoms with Crippen LogP contribution in [0.1, 0.15) is 187 Å². The molecule has 15 heteroatoms. The Bertz CT molecular complexity index is 1230. The quantitative estimate of drug-likeness (QED) is 0.0192. The van der Waals surface area contributed by atoms with Gasteiger partial charge in [0.2, 0.25) is 0 Å². The lowest BCUT2D eigenvalue weighted by atomic mass is 9.98. The van der Waals surface area contributed by atoms with E-state index in [9.17, 15) is 45.3 Å². The average Bonchev–Trinajstić information content (AvgIpc) is 3.30. The molecule has 2 saturated heterocycles. The van der Waals surface area contributed by atoms with Gasteiger partial charge >= 0.3 is 11.9 Å². The Balaban J connectivity index is 1.78. The molecule has 2 rings (SSSR count). The summed E-state index contributed by atoms with van der Waals surface area (Å²) in [7, 11) is 0. The van der Waals surface area contributed by atoms with Crippen molar-refractivity contribution in [3.63, 3.8) is 0 Å². The summed E-state index contributed by atoms with van der Waals surface area (Å²) in [5.41, 5.74) is 0. The van der Waals surface area contributed by atoms with Gasteiger partial charge in [-0.1, -0.05) is 154 Å². The zero-order valence-electron chi connectivity index (χ0n) is 40.0. The number of allylic oxidation sites excluding steroid dienone is 4. The molecular formula is C50H90O15. The fourth-order valence-electron chi connectivity index (χ4n) is 7.95. The van der Waals surface area contributed by atoms with Crippen molar-refractivity contribution in [1.29, 1.82) is 0 Å². The van der Waals surface area contributed by atoms with Crippen LogP contribution in [-0.2, 0) is 38.0 Å². The van der Waals surface area contributed by atoms with E-state index >= 15 is 0 Å². The van der Waals surface area contributed by atoms with Crippen LogP contribution in [0.5, 0.6) is 0 Å². The van der Waals surface area contributed by atoms with Gasteiger partial charge < -0.3 is 64.2 Å². The molecule has 0 aromatic rings. The van der Waals surface area contributed by atoms with Crippen LogP contribution in [-0.4, -0.2) is 142 Å². The van der Waals surface area contributed by atoms with Gasteiger partial charge in [-0.25, -0.2) is 0 Å². The van der Waals surface area contributed by atoms with Crippen LogP contribution >= 0.6 is 0 Å². The first-order chi connectivity index (χ1) is 31.5. The Morgan fingerprint density at radius 2 is 0.923 bits per heavy atom. The van der Waals surface area contributed by atoms with E-state index in [0.717, 1.165) is 51.4 Å². The summed E-state index contributed by atoms with van der Waals surface area (Å²) in [6.07, 6.45) is 20.7. The van der Waals surface area contributed by atoms with Gasteiger partial charge in [0.25, 0.3) is 0 Å². The molecule has 2 aliphatic rings. The minimum atomic E-state index is -1.76. The molecule has 0 amide bonds. The summed E-state index contributed by atoms with van der Waals surface area (Å²) < 4.78 is 33.5. The number of carbonyl (C=O) groups excluding carboxylic acids is 2. The van der Waals surface area contributed by atoms with Crippen molar-refractivity contribution < 1.29 is 73.8 Å². The van der Waals surface area contributed by atoms with Gasteiger partial charge in [0.15, 0.2) is 18.7 Å². The highest BCUT2D eigenvalue weighted by Crippen LogP contribution is 2.26. The van der Waals surface area contributed by atoms with Crippen LogP contribution in [0.2, 0.25) is 0 Å². The molecule has 65 heavy (non-hydrogen) atoms. The van der Waals surface area contributed by atoms with Crippen molar-refractivity contribution in [2.24, 2.45) is 0 Å². The summed E-state index contributed by atoms with van der Waals surface area (Å²) in [6.45, 7) is 2.55. The van der Waals surface area contributed by atoms with Crippen LogP contribution in [0.4, 0.5) is 0 Å². The predicted octanol–water partition coefficient (Wildman–Crippen LogP) is 6.77. The Kier molecular flexibility index (Phi) is 34.5. The molecule has 2 fully saturated rings. The highest BCUT2D eigenvalue weighted by atomic mass is 16.7. The Hall–Kier alpha value is -2.02. The van der Waals surface area contributed by atoms with E-state index in [-0.39, 0.29) is 26.1 Å². The molecule has 2 heterocycles. The standard InChI is InChI=1S/C50H90O15/c1-3-5-7-9-11-13-15-16-17-18-19-20-21-22-23-25-26-28-30-32-41(52)60-35-38(63-42(53)33-31-29-27-24-14-12-10-8-6-4-2)36-61-49-48(59)46(57)44(55)40(65-49)37-62-50-47(58)45(56)43(54)39(34-51)64-50/h11,13,16-17,38-40,43-51,54-59H,3-10,12,14-15,18-37H2,1-2H3/b13-11+,17-16+/t38-,39+,40+,43-,44-,45?,46?,47?,48?,49+,50+/m1/s1. The fourth-order valence-corrected chi connectivity index (χ4v) is 7.95. The Labute approximate surface area is 390 Å². The fraction of sp³-hybridized carbons (Fsp3) is 0.880. The molecule has 0 bridgehead atoms. The van der Waals surface area contributed by atoms with Crippen molar-refractivity contribution in [3.05, 3.63) is 24.3 Å². The molecule has 2 aliphatic heterocycles. The van der Waals surface area contributed by atoms with E-state index in [1.165, 1.54) is 96.3 Å². The SMILES string of the molecule is CCCCC/C=C/C/C=C/CCCCCCCCCCCC(=O)OC[C@H](CO[C@H]1O[C@@H](CO[C@H]2O[C@@H](CO)[C@@H](O)C(O)C2O)[C@@H](O)C(O)C1O)OC(=O)CCCCCCCCCCCC. The zero-order valence-corrected chi connectivity index (χ0v) is 40.0. The number of hydrogen-bond acceptors (Lipinski definition) is 15. The molecule has 15 nitrogen and oxygen atoms in total. The maximum absolute atomic E-state index is 12.9. The van der Waals surface area contributed by atoms with E-state index in [0.29, 0.717) is 12.8 Å². The maximum Gasteiger partial charge on any atom is 0.306 e. The van der Waals surface area contributed by atoms with Gasteiger partial charge in [0, 0.05) is 12.8 Å². The largest absolute Gasteiger partial charge is 0.462 e. The van der Waals surface area contributed by atoms with Gasteiger partial charge in [-0.3, -0.25) is 9.59 Å². The van der Waals surface area contributed by atoms with Crippen molar-refractivity contribution >= 4 is 11.9 Å². The first kappa shape index (κ1) is 59.1. The predicted molar refractivity (Wildman–Crippen MR) is 247 cm³/mol. The number of aliphatic hydroxyl groups excluding tert-OH is 7. The molecule has 7 N–H and O–H groups in total.